The lowest BCUT2D eigenvalue weighted by atomic mass is 10.3. The van der Waals surface area contributed by atoms with E-state index in [-0.39, 0.29) is 5.91 Å². The molecule has 4 rings (SSSR count). The largest absolute Gasteiger partial charge is 0.353 e. The van der Waals surface area contributed by atoms with Crippen molar-refractivity contribution in [1.29, 1.82) is 0 Å². The van der Waals surface area contributed by atoms with Gasteiger partial charge in [0.15, 0.2) is 0 Å². The summed E-state index contributed by atoms with van der Waals surface area (Å²) in [4.78, 5) is 25.7. The highest BCUT2D eigenvalue weighted by molar-refractivity contribution is 7.18. The van der Waals surface area contributed by atoms with E-state index in [0.29, 0.717) is 12.2 Å². The number of carbonyl (C=O) groups excluding carboxylic acids is 1. The van der Waals surface area contributed by atoms with Crippen LogP contribution in [0.15, 0.2) is 24.0 Å². The summed E-state index contributed by atoms with van der Waals surface area (Å²) in [7, 11) is 1.82. The first-order valence-electron chi connectivity index (χ1n) is 8.36. The van der Waals surface area contributed by atoms with Crippen molar-refractivity contribution in [3.8, 4) is 0 Å². The topological polar surface area (TPSA) is 67.2 Å². The fraction of sp³-hybridized carbons (Fsp3) is 0.412. The Morgan fingerprint density at radius 1 is 1.20 bits per heavy atom. The maximum absolute atomic E-state index is 12.6. The van der Waals surface area contributed by atoms with Gasteiger partial charge in [-0.25, -0.2) is 9.97 Å². The minimum absolute atomic E-state index is 0.00209. The van der Waals surface area contributed by atoms with E-state index in [0.717, 1.165) is 42.1 Å². The van der Waals surface area contributed by atoms with Crippen molar-refractivity contribution in [3.05, 3.63) is 35.2 Å². The van der Waals surface area contributed by atoms with Crippen LogP contribution in [0.4, 0.5) is 5.82 Å². The third kappa shape index (κ3) is 2.97. The van der Waals surface area contributed by atoms with Gasteiger partial charge >= 0.3 is 0 Å². The summed E-state index contributed by atoms with van der Waals surface area (Å²) in [6, 6.07) is 1.77. The lowest BCUT2D eigenvalue weighted by Crippen LogP contribution is -2.35. The number of aromatic nitrogens is 4. The minimum Gasteiger partial charge on any atom is -0.353 e. The van der Waals surface area contributed by atoms with Gasteiger partial charge in [-0.2, -0.15) is 5.10 Å². The average molecular weight is 356 g/mol. The van der Waals surface area contributed by atoms with Gasteiger partial charge in [-0.3, -0.25) is 9.48 Å². The number of hydrogen-bond acceptors (Lipinski definition) is 6. The molecular weight excluding hydrogens is 336 g/mol. The second-order valence-corrected chi connectivity index (χ2v) is 7.18. The Morgan fingerprint density at radius 3 is 2.88 bits per heavy atom. The van der Waals surface area contributed by atoms with Crippen LogP contribution in [0, 0.1) is 6.92 Å². The molecule has 0 unspecified atom stereocenters. The van der Waals surface area contributed by atoms with Crippen molar-refractivity contribution >= 4 is 33.3 Å². The Labute approximate surface area is 149 Å². The number of rotatable bonds is 2. The zero-order chi connectivity index (χ0) is 17.4. The quantitative estimate of drug-likeness (QED) is 0.703. The number of hydrogen-bond donors (Lipinski definition) is 0. The Hall–Kier alpha value is -2.48. The van der Waals surface area contributed by atoms with Crippen LogP contribution in [0.1, 0.15) is 22.5 Å². The predicted octanol–water partition coefficient (Wildman–Crippen LogP) is 2.09. The fourth-order valence-electron chi connectivity index (χ4n) is 3.21. The highest BCUT2D eigenvalue weighted by Gasteiger charge is 2.23. The summed E-state index contributed by atoms with van der Waals surface area (Å²) in [6.07, 6.45) is 4.35. The van der Waals surface area contributed by atoms with E-state index in [1.165, 1.54) is 5.56 Å². The molecule has 3 aromatic heterocycles. The number of nitrogens with zero attached hydrogens (tertiary/aromatic N) is 6. The second kappa shape index (κ2) is 6.44. The summed E-state index contributed by atoms with van der Waals surface area (Å²) in [5.74, 6) is 0.984. The zero-order valence-corrected chi connectivity index (χ0v) is 15.2. The standard InChI is InChI=1S/C17H20N6OS/c1-12-10-25-15-14(12)18-11-19-16(15)22-5-3-6-23(9-8-22)17(24)13-4-7-21(2)20-13/h4,7,10-11H,3,5-6,8-9H2,1-2H3. The smallest absolute Gasteiger partial charge is 0.274 e. The van der Waals surface area contributed by atoms with Gasteiger partial charge in [-0.15, -0.1) is 11.3 Å². The molecule has 25 heavy (non-hydrogen) atoms. The fourth-order valence-corrected chi connectivity index (χ4v) is 4.22. The Bertz CT molecular complexity index is 917. The van der Waals surface area contributed by atoms with E-state index in [1.54, 1.807) is 34.6 Å². The van der Waals surface area contributed by atoms with Crippen LogP contribution in [0.5, 0.6) is 0 Å². The van der Waals surface area contributed by atoms with Crippen molar-refractivity contribution < 1.29 is 4.79 Å². The number of aryl methyl sites for hydroxylation is 2. The second-order valence-electron chi connectivity index (χ2n) is 6.30. The molecule has 8 heteroatoms. The molecule has 1 saturated heterocycles. The maximum Gasteiger partial charge on any atom is 0.274 e. The van der Waals surface area contributed by atoms with Crippen molar-refractivity contribution in [2.45, 2.75) is 13.3 Å². The van der Waals surface area contributed by atoms with Gasteiger partial charge in [0.1, 0.15) is 17.8 Å². The number of anilines is 1. The van der Waals surface area contributed by atoms with E-state index < -0.39 is 0 Å². The zero-order valence-electron chi connectivity index (χ0n) is 14.3. The number of fused-ring (bicyclic) bond motifs is 1. The molecule has 7 nitrogen and oxygen atoms in total. The van der Waals surface area contributed by atoms with Crippen molar-refractivity contribution in [2.75, 3.05) is 31.1 Å². The van der Waals surface area contributed by atoms with E-state index in [1.807, 2.05) is 11.9 Å². The van der Waals surface area contributed by atoms with Gasteiger partial charge in [-0.05, 0) is 30.4 Å². The highest BCUT2D eigenvalue weighted by Crippen LogP contribution is 2.31. The molecule has 0 spiro atoms. The van der Waals surface area contributed by atoms with E-state index in [4.69, 9.17) is 0 Å². The Kier molecular flexibility index (Phi) is 4.12. The molecule has 130 valence electrons. The first kappa shape index (κ1) is 16.0. The van der Waals surface area contributed by atoms with Crippen molar-refractivity contribution in [3.63, 3.8) is 0 Å². The van der Waals surface area contributed by atoms with Gasteiger partial charge in [0.25, 0.3) is 5.91 Å². The van der Waals surface area contributed by atoms with Gasteiger partial charge in [0.05, 0.1) is 10.2 Å². The average Bonchev–Trinajstić information content (AvgIpc) is 3.12. The van der Waals surface area contributed by atoms with Crippen LogP contribution in [0.25, 0.3) is 10.2 Å². The number of thiophene rings is 1. The molecule has 0 radical (unpaired) electrons. The third-order valence-corrected chi connectivity index (χ3v) is 5.61. The van der Waals surface area contributed by atoms with Crippen LogP contribution >= 0.6 is 11.3 Å². The molecule has 1 fully saturated rings. The first-order chi connectivity index (χ1) is 12.1. The van der Waals surface area contributed by atoms with E-state index >= 15 is 0 Å². The molecule has 0 aliphatic carbocycles. The summed E-state index contributed by atoms with van der Waals surface area (Å²) >= 11 is 1.69. The third-order valence-electron chi connectivity index (χ3n) is 4.53. The molecule has 0 atom stereocenters. The molecule has 0 bridgehead atoms. The van der Waals surface area contributed by atoms with Gasteiger partial charge in [-0.1, -0.05) is 0 Å². The van der Waals surface area contributed by atoms with E-state index in [9.17, 15) is 4.79 Å². The number of amides is 1. The van der Waals surface area contributed by atoms with Crippen molar-refractivity contribution in [2.24, 2.45) is 7.05 Å². The van der Waals surface area contributed by atoms with Crippen molar-refractivity contribution in [1.82, 2.24) is 24.6 Å². The molecule has 4 heterocycles. The molecular formula is C17H20N6OS. The highest BCUT2D eigenvalue weighted by atomic mass is 32.1. The predicted molar refractivity (Wildman–Crippen MR) is 98.1 cm³/mol. The molecule has 0 saturated carbocycles. The molecule has 1 aliphatic rings. The summed E-state index contributed by atoms with van der Waals surface area (Å²) < 4.78 is 2.79. The monoisotopic (exact) mass is 356 g/mol. The van der Waals surface area contributed by atoms with E-state index in [2.05, 4.69) is 32.3 Å². The lowest BCUT2D eigenvalue weighted by molar-refractivity contribution is 0.0760. The van der Waals surface area contributed by atoms with Gasteiger partial charge in [0, 0.05) is 39.4 Å². The molecule has 0 aromatic carbocycles. The summed E-state index contributed by atoms with van der Waals surface area (Å²) in [6.45, 7) is 5.14. The van der Waals surface area contributed by atoms with Crippen LogP contribution in [0.2, 0.25) is 0 Å². The summed E-state index contributed by atoms with van der Waals surface area (Å²) in [5.41, 5.74) is 2.72. The number of carbonyl (C=O) groups is 1. The maximum atomic E-state index is 12.6. The Morgan fingerprint density at radius 2 is 2.08 bits per heavy atom. The Balaban J connectivity index is 1.54. The van der Waals surface area contributed by atoms with Crippen LogP contribution < -0.4 is 4.90 Å². The minimum atomic E-state index is 0.00209. The van der Waals surface area contributed by atoms with Gasteiger partial charge in [0.2, 0.25) is 0 Å². The first-order valence-corrected chi connectivity index (χ1v) is 9.24. The van der Waals surface area contributed by atoms with Gasteiger partial charge < -0.3 is 9.80 Å². The molecule has 3 aromatic rings. The molecule has 0 N–H and O–H groups in total. The normalized spacial score (nSPS) is 15.6. The van der Waals surface area contributed by atoms with Crippen LogP contribution in [-0.2, 0) is 7.05 Å². The molecule has 1 amide bonds. The SMILES string of the molecule is Cc1csc2c(N3CCCN(C(=O)c4ccn(C)n4)CC3)ncnc12. The van der Waals surface area contributed by atoms with Crippen LogP contribution in [-0.4, -0.2) is 56.7 Å². The van der Waals surface area contributed by atoms with Crippen LogP contribution in [0.3, 0.4) is 0 Å². The summed E-state index contributed by atoms with van der Waals surface area (Å²) in [5, 5.41) is 6.35. The lowest BCUT2D eigenvalue weighted by Gasteiger charge is -2.22. The molecule has 1 aliphatic heterocycles.